The summed E-state index contributed by atoms with van der Waals surface area (Å²) in [6.45, 7) is 5.84. The van der Waals surface area contributed by atoms with E-state index >= 15 is 0 Å². The lowest BCUT2D eigenvalue weighted by Gasteiger charge is -2.20. The van der Waals surface area contributed by atoms with Gasteiger partial charge in [-0.05, 0) is 45.0 Å². The first-order valence-electron chi connectivity index (χ1n) is 9.67. The van der Waals surface area contributed by atoms with Gasteiger partial charge in [0.15, 0.2) is 11.5 Å². The number of fused-ring (bicyclic) bond motifs is 1. The molecule has 162 valence electrons. The Balaban J connectivity index is 1.62. The van der Waals surface area contributed by atoms with E-state index in [4.69, 9.17) is 5.11 Å². The predicted octanol–water partition coefficient (Wildman–Crippen LogP) is 2.52. The average Bonchev–Trinajstić information content (AvgIpc) is 3.07. The number of carbonyl (C=O) groups excluding carboxylic acids is 2. The first-order valence-corrected chi connectivity index (χ1v) is 9.67. The van der Waals surface area contributed by atoms with Crippen LogP contribution in [0.2, 0.25) is 0 Å². The Morgan fingerprint density at radius 3 is 2.61 bits per heavy atom. The average molecular weight is 424 g/mol. The highest BCUT2D eigenvalue weighted by molar-refractivity contribution is 5.90. The molecule has 0 unspecified atom stereocenters. The third-order valence-corrected chi connectivity index (χ3v) is 4.12. The first kappa shape index (κ1) is 21.8. The van der Waals surface area contributed by atoms with Crippen LogP contribution in [-0.4, -0.2) is 49.7 Å². The molecule has 0 saturated carbocycles. The van der Waals surface area contributed by atoms with Crippen molar-refractivity contribution in [2.45, 2.75) is 32.7 Å². The molecule has 3 rings (SSSR count). The monoisotopic (exact) mass is 424 g/mol. The molecular formula is C21H24N6O4. The number of nitrogens with one attached hydrogen (secondary N) is 3. The van der Waals surface area contributed by atoms with E-state index < -0.39 is 12.0 Å². The van der Waals surface area contributed by atoms with Gasteiger partial charge in [0.25, 0.3) is 0 Å². The van der Waals surface area contributed by atoms with Crippen molar-refractivity contribution in [1.29, 1.82) is 0 Å². The lowest BCUT2D eigenvalue weighted by Crippen LogP contribution is -2.42. The molecule has 3 amide bonds. The van der Waals surface area contributed by atoms with Crippen molar-refractivity contribution in [2.75, 3.05) is 11.9 Å². The summed E-state index contributed by atoms with van der Waals surface area (Å²) < 4.78 is 1.50. The van der Waals surface area contributed by atoms with Gasteiger partial charge in [-0.25, -0.2) is 19.1 Å². The van der Waals surface area contributed by atoms with Crippen LogP contribution in [0.25, 0.3) is 16.9 Å². The molecule has 3 aromatic rings. The summed E-state index contributed by atoms with van der Waals surface area (Å²) in [5.41, 5.74) is 1.57. The molecule has 4 N–H and O–H groups in total. The molecular weight excluding hydrogens is 400 g/mol. The summed E-state index contributed by atoms with van der Waals surface area (Å²) in [7, 11) is 0. The molecule has 0 aliphatic rings. The number of rotatable bonds is 6. The standard InChI is InChI=1S/C21H24N6O4/c1-21(2,3)25-18(28)9-10-22-20(31)24-16-12-27-17(23-16)8-7-15(26-27)13-5-4-6-14(11-13)19(29)30/h4-8,11-12H,9-10H2,1-3H3,(H,25,28)(H,29,30)(H2,22,24,31). The number of carboxylic acid groups (broad SMARTS) is 1. The van der Waals surface area contributed by atoms with Crippen LogP contribution in [0.4, 0.5) is 10.6 Å². The minimum atomic E-state index is -1.01. The molecule has 0 bridgehead atoms. The van der Waals surface area contributed by atoms with Crippen molar-refractivity contribution in [3.05, 3.63) is 48.2 Å². The third-order valence-electron chi connectivity index (χ3n) is 4.12. The number of hydrogen-bond acceptors (Lipinski definition) is 5. The number of hydrogen-bond donors (Lipinski definition) is 4. The Morgan fingerprint density at radius 1 is 1.13 bits per heavy atom. The number of carboxylic acids is 1. The molecule has 0 aliphatic carbocycles. The van der Waals surface area contributed by atoms with Crippen LogP contribution >= 0.6 is 0 Å². The maximum Gasteiger partial charge on any atom is 0.335 e. The van der Waals surface area contributed by atoms with Gasteiger partial charge in [-0.2, -0.15) is 5.10 Å². The van der Waals surface area contributed by atoms with Crippen molar-refractivity contribution < 1.29 is 19.5 Å². The maximum absolute atomic E-state index is 12.1. The summed E-state index contributed by atoms with van der Waals surface area (Å²) in [6.07, 6.45) is 1.71. The van der Waals surface area contributed by atoms with Crippen LogP contribution in [0.3, 0.4) is 0 Å². The van der Waals surface area contributed by atoms with Crippen LogP contribution < -0.4 is 16.0 Å². The topological polar surface area (TPSA) is 138 Å². The molecule has 10 nitrogen and oxygen atoms in total. The normalized spacial score (nSPS) is 11.2. The van der Waals surface area contributed by atoms with Crippen molar-refractivity contribution in [1.82, 2.24) is 25.2 Å². The quantitative estimate of drug-likeness (QED) is 0.480. The van der Waals surface area contributed by atoms with Gasteiger partial charge in [-0.3, -0.25) is 10.1 Å². The van der Waals surface area contributed by atoms with E-state index in [9.17, 15) is 14.4 Å². The molecule has 0 spiro atoms. The summed E-state index contributed by atoms with van der Waals surface area (Å²) in [4.78, 5) is 39.3. The fourth-order valence-electron chi connectivity index (χ4n) is 2.84. The van der Waals surface area contributed by atoms with Gasteiger partial charge in [0.05, 0.1) is 17.5 Å². The fourth-order valence-corrected chi connectivity index (χ4v) is 2.84. The minimum absolute atomic E-state index is 0.149. The highest BCUT2D eigenvalue weighted by atomic mass is 16.4. The van der Waals surface area contributed by atoms with E-state index in [0.717, 1.165) is 0 Å². The van der Waals surface area contributed by atoms with Gasteiger partial charge in [-0.15, -0.1) is 0 Å². The molecule has 1 aromatic carbocycles. The van der Waals surface area contributed by atoms with Gasteiger partial charge in [0.1, 0.15) is 0 Å². The Bertz CT molecular complexity index is 1130. The van der Waals surface area contributed by atoms with E-state index in [0.29, 0.717) is 22.7 Å². The Hall–Kier alpha value is -3.95. The van der Waals surface area contributed by atoms with Gasteiger partial charge in [0, 0.05) is 24.1 Å². The van der Waals surface area contributed by atoms with Gasteiger partial charge in [0.2, 0.25) is 5.91 Å². The molecule has 0 aliphatic heterocycles. The summed E-state index contributed by atoms with van der Waals surface area (Å²) in [5, 5.41) is 21.6. The van der Waals surface area contributed by atoms with Crippen LogP contribution in [0.1, 0.15) is 37.6 Å². The fraction of sp³-hybridized carbons (Fsp3) is 0.286. The summed E-state index contributed by atoms with van der Waals surface area (Å²) in [5.74, 6) is -0.872. The molecule has 2 aromatic heterocycles. The molecule has 0 radical (unpaired) electrons. The second kappa shape index (κ2) is 8.82. The van der Waals surface area contributed by atoms with Crippen LogP contribution in [0, 0.1) is 0 Å². The van der Waals surface area contributed by atoms with Crippen molar-refractivity contribution >= 4 is 29.4 Å². The number of benzene rings is 1. The van der Waals surface area contributed by atoms with Crippen molar-refractivity contribution in [3.63, 3.8) is 0 Å². The van der Waals surface area contributed by atoms with Crippen molar-refractivity contribution in [3.8, 4) is 11.3 Å². The largest absolute Gasteiger partial charge is 0.478 e. The SMILES string of the molecule is CC(C)(C)NC(=O)CCNC(=O)Nc1cn2nc(-c3cccc(C(=O)O)c3)ccc2n1. The molecule has 0 fully saturated rings. The van der Waals surface area contributed by atoms with Gasteiger partial charge >= 0.3 is 12.0 Å². The van der Waals surface area contributed by atoms with E-state index in [2.05, 4.69) is 26.0 Å². The summed E-state index contributed by atoms with van der Waals surface area (Å²) >= 11 is 0. The van der Waals surface area contributed by atoms with Crippen LogP contribution in [-0.2, 0) is 4.79 Å². The zero-order chi connectivity index (χ0) is 22.6. The zero-order valence-corrected chi connectivity index (χ0v) is 17.5. The molecule has 2 heterocycles. The van der Waals surface area contributed by atoms with Gasteiger partial charge < -0.3 is 15.7 Å². The number of anilines is 1. The predicted molar refractivity (Wildman–Crippen MR) is 115 cm³/mol. The number of aromatic carboxylic acids is 1. The molecule has 31 heavy (non-hydrogen) atoms. The smallest absolute Gasteiger partial charge is 0.335 e. The number of imidazole rings is 1. The first-order chi connectivity index (χ1) is 14.6. The Labute approximate surface area is 178 Å². The number of aromatic nitrogens is 3. The minimum Gasteiger partial charge on any atom is -0.478 e. The van der Waals surface area contributed by atoms with E-state index in [1.807, 2.05) is 20.8 Å². The highest BCUT2D eigenvalue weighted by Gasteiger charge is 2.14. The van der Waals surface area contributed by atoms with E-state index in [1.165, 1.54) is 16.6 Å². The number of amides is 3. The van der Waals surface area contributed by atoms with E-state index in [1.54, 1.807) is 30.5 Å². The van der Waals surface area contributed by atoms with Crippen LogP contribution in [0.15, 0.2) is 42.6 Å². The van der Waals surface area contributed by atoms with E-state index in [-0.39, 0.29) is 30.0 Å². The summed E-state index contributed by atoms with van der Waals surface area (Å²) in [6, 6.07) is 9.42. The second-order valence-electron chi connectivity index (χ2n) is 7.96. The highest BCUT2D eigenvalue weighted by Crippen LogP contribution is 2.19. The Morgan fingerprint density at radius 2 is 1.90 bits per heavy atom. The lowest BCUT2D eigenvalue weighted by atomic mass is 10.1. The number of nitrogens with zero attached hydrogens (tertiary/aromatic N) is 3. The molecule has 0 atom stereocenters. The maximum atomic E-state index is 12.1. The number of urea groups is 1. The molecule has 0 saturated heterocycles. The lowest BCUT2D eigenvalue weighted by molar-refractivity contribution is -0.122. The Kier molecular flexibility index (Phi) is 6.19. The third kappa shape index (κ3) is 6.01. The van der Waals surface area contributed by atoms with Crippen molar-refractivity contribution in [2.24, 2.45) is 0 Å². The van der Waals surface area contributed by atoms with Gasteiger partial charge in [-0.1, -0.05) is 12.1 Å². The van der Waals surface area contributed by atoms with Crippen LogP contribution in [0.5, 0.6) is 0 Å². The zero-order valence-electron chi connectivity index (χ0n) is 17.5. The second-order valence-corrected chi connectivity index (χ2v) is 7.96. The number of carbonyl (C=O) groups is 3. The molecule has 10 heteroatoms.